The van der Waals surface area contributed by atoms with Crippen LogP contribution < -0.4 is 10.6 Å². The third kappa shape index (κ3) is 4.49. The van der Waals surface area contributed by atoms with Gasteiger partial charge >= 0.3 is 0 Å². The molecule has 0 spiro atoms. The van der Waals surface area contributed by atoms with Gasteiger partial charge in [-0.25, -0.2) is 9.97 Å². The number of hydrogen-bond donors (Lipinski definition) is 3. The first kappa shape index (κ1) is 18.1. The molecule has 0 saturated carbocycles. The number of aromatic nitrogens is 3. The van der Waals surface area contributed by atoms with Crippen molar-refractivity contribution in [2.75, 3.05) is 5.32 Å². The predicted molar refractivity (Wildman–Crippen MR) is 108 cm³/mol. The van der Waals surface area contributed by atoms with Crippen molar-refractivity contribution in [3.63, 3.8) is 0 Å². The van der Waals surface area contributed by atoms with Gasteiger partial charge in [0.1, 0.15) is 17.8 Å². The molecule has 0 bridgehead atoms. The van der Waals surface area contributed by atoms with E-state index in [2.05, 4.69) is 32.2 Å². The number of nitrogens with zero attached hydrogens (tertiary/aromatic N) is 2. The summed E-state index contributed by atoms with van der Waals surface area (Å²) < 4.78 is 0. The summed E-state index contributed by atoms with van der Waals surface area (Å²) in [4.78, 5) is 23.9. The zero-order valence-electron chi connectivity index (χ0n) is 15.3. The molecular weight excluding hydrogens is 338 g/mol. The third-order valence-electron chi connectivity index (χ3n) is 3.90. The van der Waals surface area contributed by atoms with Crippen LogP contribution in [-0.2, 0) is 0 Å². The number of nitrogens with one attached hydrogen (secondary N) is 3. The maximum Gasteiger partial charge on any atom is 0.255 e. The topological polar surface area (TPSA) is 82.7 Å². The molecule has 27 heavy (non-hydrogen) atoms. The largest absolute Gasteiger partial charge is 0.343 e. The molecule has 0 aliphatic rings. The van der Waals surface area contributed by atoms with Gasteiger partial charge in [0.2, 0.25) is 0 Å². The Hall–Kier alpha value is -3.67. The first-order chi connectivity index (χ1) is 13.1. The van der Waals surface area contributed by atoms with Crippen LogP contribution >= 0.6 is 0 Å². The Morgan fingerprint density at radius 1 is 1.19 bits per heavy atom. The number of H-pyrrole nitrogens is 1. The highest BCUT2D eigenvalue weighted by Gasteiger charge is 2.07. The van der Waals surface area contributed by atoms with Crippen LogP contribution in [0.2, 0.25) is 0 Å². The highest BCUT2D eigenvalue weighted by Crippen LogP contribution is 2.21. The highest BCUT2D eigenvalue weighted by molar-refractivity contribution is 5.95. The number of fused-ring (bicyclic) bond motifs is 1. The highest BCUT2D eigenvalue weighted by atomic mass is 16.1. The number of carbonyl (C=O) groups excluding carboxylic acids is 1. The van der Waals surface area contributed by atoms with E-state index in [1.165, 1.54) is 6.33 Å². The number of aryl methyl sites for hydroxylation is 1. The second-order valence-corrected chi connectivity index (χ2v) is 6.06. The summed E-state index contributed by atoms with van der Waals surface area (Å²) in [5, 5.41) is 7.02. The molecule has 2 aromatic heterocycles. The van der Waals surface area contributed by atoms with Gasteiger partial charge in [0.15, 0.2) is 0 Å². The standard InChI is InChI=1S/C21H21N5O/c1-4-17(26-21(27)16-8-6-5-7-9-16)11-10-14(2)24-19-18-12-15(3)25-20(18)23-13-22-19/h4-13H,1H2,2-3H3,(H,26,27)(H2,22,23,24,25)/b14-10+,17-11+. The first-order valence-corrected chi connectivity index (χ1v) is 8.51. The van der Waals surface area contributed by atoms with Crippen molar-refractivity contribution in [1.82, 2.24) is 20.3 Å². The molecule has 3 N–H and O–H groups in total. The Bertz CT molecular complexity index is 1030. The van der Waals surface area contributed by atoms with E-state index in [-0.39, 0.29) is 5.91 Å². The smallest absolute Gasteiger partial charge is 0.255 e. The molecule has 0 saturated heterocycles. The van der Waals surface area contributed by atoms with Crippen LogP contribution in [0.5, 0.6) is 0 Å². The summed E-state index contributed by atoms with van der Waals surface area (Å²) in [6.45, 7) is 7.65. The van der Waals surface area contributed by atoms with E-state index in [1.54, 1.807) is 24.3 Å². The average Bonchev–Trinajstić information content (AvgIpc) is 3.07. The molecule has 6 nitrogen and oxygen atoms in total. The Kier molecular flexibility index (Phi) is 5.47. The van der Waals surface area contributed by atoms with Crippen molar-refractivity contribution in [3.05, 3.63) is 90.2 Å². The molecule has 136 valence electrons. The number of hydrogen-bond acceptors (Lipinski definition) is 4. The maximum absolute atomic E-state index is 12.2. The van der Waals surface area contributed by atoms with Crippen molar-refractivity contribution in [2.24, 2.45) is 0 Å². The zero-order chi connectivity index (χ0) is 19.2. The number of carbonyl (C=O) groups is 1. The molecule has 0 aliphatic heterocycles. The van der Waals surface area contributed by atoms with E-state index in [1.807, 2.05) is 44.2 Å². The van der Waals surface area contributed by atoms with E-state index in [4.69, 9.17) is 0 Å². The third-order valence-corrected chi connectivity index (χ3v) is 3.90. The van der Waals surface area contributed by atoms with Gasteiger partial charge in [-0.3, -0.25) is 4.79 Å². The van der Waals surface area contributed by atoms with Gasteiger partial charge in [-0.2, -0.15) is 0 Å². The van der Waals surface area contributed by atoms with Crippen LogP contribution in [0.3, 0.4) is 0 Å². The lowest BCUT2D eigenvalue weighted by atomic mass is 10.2. The van der Waals surface area contributed by atoms with Crippen molar-refractivity contribution in [1.29, 1.82) is 0 Å². The summed E-state index contributed by atoms with van der Waals surface area (Å²) in [6.07, 6.45) is 6.76. The minimum atomic E-state index is -0.180. The molecule has 0 atom stereocenters. The molecule has 2 heterocycles. The minimum Gasteiger partial charge on any atom is -0.343 e. The van der Waals surface area contributed by atoms with Crippen molar-refractivity contribution < 1.29 is 4.79 Å². The van der Waals surface area contributed by atoms with Crippen molar-refractivity contribution in [3.8, 4) is 0 Å². The molecule has 6 heteroatoms. The lowest BCUT2D eigenvalue weighted by Crippen LogP contribution is -2.21. The van der Waals surface area contributed by atoms with E-state index in [0.717, 1.165) is 28.2 Å². The maximum atomic E-state index is 12.2. The Morgan fingerprint density at radius 3 is 2.70 bits per heavy atom. The second-order valence-electron chi connectivity index (χ2n) is 6.06. The SMILES string of the molecule is C=C/C(=C\C=C(/C)Nc1ncnc2[nH]c(C)cc12)NC(=O)c1ccccc1. The van der Waals surface area contributed by atoms with Gasteiger partial charge in [-0.05, 0) is 50.3 Å². The van der Waals surface area contributed by atoms with Crippen molar-refractivity contribution >= 4 is 22.8 Å². The summed E-state index contributed by atoms with van der Waals surface area (Å²) in [7, 11) is 0. The number of aromatic amines is 1. The van der Waals surface area contributed by atoms with Crippen LogP contribution in [0, 0.1) is 6.92 Å². The van der Waals surface area contributed by atoms with Crippen LogP contribution in [0.25, 0.3) is 11.0 Å². The fourth-order valence-corrected chi connectivity index (χ4v) is 2.57. The number of benzene rings is 1. The summed E-state index contributed by atoms with van der Waals surface area (Å²) in [5.74, 6) is 0.543. The van der Waals surface area contributed by atoms with Crippen LogP contribution in [-0.4, -0.2) is 20.9 Å². The van der Waals surface area contributed by atoms with E-state index in [9.17, 15) is 4.79 Å². The van der Waals surface area contributed by atoms with Crippen LogP contribution in [0.15, 0.2) is 78.9 Å². The minimum absolute atomic E-state index is 0.180. The van der Waals surface area contributed by atoms with E-state index >= 15 is 0 Å². The number of anilines is 1. The van der Waals surface area contributed by atoms with E-state index < -0.39 is 0 Å². The molecule has 0 fully saturated rings. The molecule has 0 unspecified atom stereocenters. The van der Waals surface area contributed by atoms with Crippen LogP contribution in [0.1, 0.15) is 23.0 Å². The summed E-state index contributed by atoms with van der Waals surface area (Å²) in [6, 6.07) is 11.0. The molecule has 3 rings (SSSR count). The molecule has 0 aliphatic carbocycles. The van der Waals surface area contributed by atoms with E-state index in [0.29, 0.717) is 11.3 Å². The summed E-state index contributed by atoms with van der Waals surface area (Å²) >= 11 is 0. The van der Waals surface area contributed by atoms with Gasteiger partial charge in [0, 0.05) is 22.7 Å². The molecule has 1 aromatic carbocycles. The molecular formula is C21H21N5O. The van der Waals surface area contributed by atoms with Gasteiger partial charge in [0.05, 0.1) is 5.39 Å². The Labute approximate surface area is 157 Å². The lowest BCUT2D eigenvalue weighted by Gasteiger charge is -2.07. The number of rotatable bonds is 6. The average molecular weight is 359 g/mol. The van der Waals surface area contributed by atoms with Gasteiger partial charge in [-0.1, -0.05) is 24.8 Å². The quantitative estimate of drug-likeness (QED) is 0.579. The lowest BCUT2D eigenvalue weighted by molar-refractivity contribution is 0.0967. The second kappa shape index (κ2) is 8.14. The normalized spacial score (nSPS) is 12.1. The van der Waals surface area contributed by atoms with Gasteiger partial charge in [-0.15, -0.1) is 0 Å². The van der Waals surface area contributed by atoms with Gasteiger partial charge < -0.3 is 15.6 Å². The molecule has 0 radical (unpaired) electrons. The number of amides is 1. The Balaban J connectivity index is 1.73. The fraction of sp³-hybridized carbons (Fsp3) is 0.0952. The molecule has 1 amide bonds. The molecule has 3 aromatic rings. The zero-order valence-corrected chi connectivity index (χ0v) is 15.3. The monoisotopic (exact) mass is 359 g/mol. The van der Waals surface area contributed by atoms with Gasteiger partial charge in [0.25, 0.3) is 5.91 Å². The van der Waals surface area contributed by atoms with Crippen molar-refractivity contribution in [2.45, 2.75) is 13.8 Å². The summed E-state index contributed by atoms with van der Waals surface area (Å²) in [5.41, 5.74) is 3.87. The Morgan fingerprint density at radius 2 is 1.96 bits per heavy atom. The predicted octanol–water partition coefficient (Wildman–Crippen LogP) is 4.08. The van der Waals surface area contributed by atoms with Crippen LogP contribution in [0.4, 0.5) is 5.82 Å². The number of allylic oxidation sites excluding steroid dienone is 4. The fourth-order valence-electron chi connectivity index (χ4n) is 2.57. The first-order valence-electron chi connectivity index (χ1n) is 8.51.